The van der Waals surface area contributed by atoms with Crippen molar-refractivity contribution >= 4 is 15.7 Å². The van der Waals surface area contributed by atoms with Crippen molar-refractivity contribution in [2.75, 3.05) is 25.3 Å². The van der Waals surface area contributed by atoms with Gasteiger partial charge in [-0.15, -0.1) is 0 Å². The van der Waals surface area contributed by atoms with Crippen molar-refractivity contribution in [2.24, 2.45) is 0 Å². The fourth-order valence-corrected chi connectivity index (χ4v) is 5.60. The van der Waals surface area contributed by atoms with Gasteiger partial charge in [-0.2, -0.15) is 23.0 Å². The molecule has 4 aromatic rings. The van der Waals surface area contributed by atoms with Crippen LogP contribution in [0.3, 0.4) is 0 Å². The number of halogens is 3. The van der Waals surface area contributed by atoms with Crippen molar-refractivity contribution in [3.63, 3.8) is 0 Å². The average Bonchev–Trinajstić information content (AvgIpc) is 3.38. The predicted octanol–water partition coefficient (Wildman–Crippen LogP) is 6.28. The molecule has 0 fully saturated rings. The van der Waals surface area contributed by atoms with Crippen molar-refractivity contribution in [3.05, 3.63) is 90.0 Å². The van der Waals surface area contributed by atoms with Gasteiger partial charge in [0.15, 0.2) is 11.5 Å². The standard InChI is InChI=1S/C30H33F3N4O5S/c1-5-37-28(42-26-13-9-21(10-14-26)19-34-24-11-15-25(40-3)16-12-24)18-27(35-37)22-7-6-8-23(17-22)29(2,41-4)36-43(38,39)20-30(31,32)33/h6-18,34,36H,5,19-20H2,1-4H3. The number of nitrogens with zero attached hydrogens (tertiary/aromatic N) is 2. The van der Waals surface area contributed by atoms with Crippen molar-refractivity contribution in [2.45, 2.75) is 38.8 Å². The molecule has 2 N–H and O–H groups in total. The molecule has 4 rings (SSSR count). The van der Waals surface area contributed by atoms with Crippen LogP contribution >= 0.6 is 0 Å². The van der Waals surface area contributed by atoms with Gasteiger partial charge in [-0.05, 0) is 67.4 Å². The molecule has 1 unspecified atom stereocenters. The molecule has 1 heterocycles. The van der Waals surface area contributed by atoms with Crippen LogP contribution in [0.1, 0.15) is 25.0 Å². The molecule has 230 valence electrons. The summed E-state index contributed by atoms with van der Waals surface area (Å²) in [7, 11) is -1.91. The maximum Gasteiger partial charge on any atom is 0.404 e. The average molecular weight is 619 g/mol. The molecule has 0 aliphatic carbocycles. The molecule has 0 aliphatic heterocycles. The maximum absolute atomic E-state index is 12.8. The van der Waals surface area contributed by atoms with E-state index in [0.29, 0.717) is 41.5 Å². The molecule has 9 nitrogen and oxygen atoms in total. The zero-order valence-electron chi connectivity index (χ0n) is 24.1. The predicted molar refractivity (Wildman–Crippen MR) is 158 cm³/mol. The summed E-state index contributed by atoms with van der Waals surface area (Å²) in [6.45, 7) is 4.37. The summed E-state index contributed by atoms with van der Waals surface area (Å²) in [5.74, 6) is -0.156. The van der Waals surface area contributed by atoms with Crippen molar-refractivity contribution in [1.82, 2.24) is 14.5 Å². The van der Waals surface area contributed by atoms with Crippen LogP contribution in [-0.2, 0) is 33.6 Å². The zero-order valence-corrected chi connectivity index (χ0v) is 24.9. The van der Waals surface area contributed by atoms with E-state index < -0.39 is 27.7 Å². The van der Waals surface area contributed by atoms with E-state index in [9.17, 15) is 21.6 Å². The molecule has 0 spiro atoms. The van der Waals surface area contributed by atoms with E-state index in [2.05, 4.69) is 10.4 Å². The molecular weight excluding hydrogens is 585 g/mol. The second kappa shape index (κ2) is 13.1. The van der Waals surface area contributed by atoms with Gasteiger partial charge in [-0.3, -0.25) is 0 Å². The van der Waals surface area contributed by atoms with Gasteiger partial charge in [0.1, 0.15) is 11.5 Å². The Morgan fingerprint density at radius 2 is 1.60 bits per heavy atom. The molecule has 0 radical (unpaired) electrons. The molecule has 1 atom stereocenters. The number of hydrogen-bond acceptors (Lipinski definition) is 7. The van der Waals surface area contributed by atoms with Gasteiger partial charge < -0.3 is 19.5 Å². The van der Waals surface area contributed by atoms with Crippen LogP contribution in [0.2, 0.25) is 0 Å². The Kier molecular flexibility index (Phi) is 9.68. The van der Waals surface area contributed by atoms with E-state index in [1.807, 2.05) is 60.2 Å². The lowest BCUT2D eigenvalue weighted by atomic mass is 10.0. The number of alkyl halides is 3. The fourth-order valence-electron chi connectivity index (χ4n) is 4.30. The lowest BCUT2D eigenvalue weighted by Gasteiger charge is -2.30. The third-order valence-electron chi connectivity index (χ3n) is 6.60. The summed E-state index contributed by atoms with van der Waals surface area (Å²) >= 11 is 0. The summed E-state index contributed by atoms with van der Waals surface area (Å²) < 4.78 is 83.1. The quantitative estimate of drug-likeness (QED) is 0.170. The molecule has 0 saturated heterocycles. The third-order valence-corrected chi connectivity index (χ3v) is 8.00. The van der Waals surface area contributed by atoms with Gasteiger partial charge in [0.05, 0.1) is 12.8 Å². The summed E-state index contributed by atoms with van der Waals surface area (Å²) in [4.78, 5) is 0. The largest absolute Gasteiger partial charge is 0.497 e. The Morgan fingerprint density at radius 3 is 2.21 bits per heavy atom. The van der Waals surface area contributed by atoms with Crippen LogP contribution in [0.25, 0.3) is 11.3 Å². The summed E-state index contributed by atoms with van der Waals surface area (Å²) in [6, 6.07) is 23.6. The number of rotatable bonds is 13. The SMILES string of the molecule is CCn1nc(-c2cccc(C(C)(NS(=O)(=O)CC(F)(F)F)OC)c2)cc1Oc1ccc(CNc2ccc(OC)cc2)cc1. The molecule has 13 heteroatoms. The van der Waals surface area contributed by atoms with Crippen LogP contribution in [0, 0.1) is 0 Å². The number of hydrogen-bond donors (Lipinski definition) is 2. The first-order valence-electron chi connectivity index (χ1n) is 13.3. The number of sulfonamides is 1. The minimum absolute atomic E-state index is 0.297. The highest BCUT2D eigenvalue weighted by Crippen LogP contribution is 2.31. The fraction of sp³-hybridized carbons (Fsp3) is 0.300. The van der Waals surface area contributed by atoms with Gasteiger partial charge in [0, 0.05) is 37.5 Å². The number of anilines is 1. The van der Waals surface area contributed by atoms with Crippen molar-refractivity contribution in [1.29, 1.82) is 0 Å². The molecule has 3 aromatic carbocycles. The van der Waals surface area contributed by atoms with E-state index in [0.717, 1.165) is 17.0 Å². The Labute approximate surface area is 248 Å². The number of aryl methyl sites for hydroxylation is 1. The van der Waals surface area contributed by atoms with Crippen LogP contribution in [0.4, 0.5) is 18.9 Å². The van der Waals surface area contributed by atoms with Crippen molar-refractivity contribution < 1.29 is 35.8 Å². The Hall–Kier alpha value is -4.07. The van der Waals surface area contributed by atoms with E-state index >= 15 is 0 Å². The number of methoxy groups -OCH3 is 2. The highest BCUT2D eigenvalue weighted by Gasteiger charge is 2.40. The maximum atomic E-state index is 12.8. The summed E-state index contributed by atoms with van der Waals surface area (Å²) in [5, 5.41) is 7.96. The Balaban J connectivity index is 1.48. The highest BCUT2D eigenvalue weighted by molar-refractivity contribution is 7.89. The second-order valence-electron chi connectivity index (χ2n) is 9.81. The monoisotopic (exact) mass is 618 g/mol. The van der Waals surface area contributed by atoms with Crippen molar-refractivity contribution in [3.8, 4) is 28.6 Å². The molecule has 0 bridgehead atoms. The van der Waals surface area contributed by atoms with Gasteiger partial charge in [0.25, 0.3) is 0 Å². The van der Waals surface area contributed by atoms with Gasteiger partial charge >= 0.3 is 6.18 Å². The molecule has 1 aromatic heterocycles. The van der Waals surface area contributed by atoms with Gasteiger partial charge in [0.2, 0.25) is 15.9 Å². The lowest BCUT2D eigenvalue weighted by molar-refractivity contribution is -0.107. The van der Waals surface area contributed by atoms with Gasteiger partial charge in [-0.1, -0.05) is 30.3 Å². The summed E-state index contributed by atoms with van der Waals surface area (Å²) in [5.41, 5.74) is 1.68. The molecule has 0 amide bonds. The molecule has 43 heavy (non-hydrogen) atoms. The minimum Gasteiger partial charge on any atom is -0.497 e. The number of nitrogens with one attached hydrogen (secondary N) is 2. The topological polar surface area (TPSA) is 104 Å². The Morgan fingerprint density at radius 1 is 0.930 bits per heavy atom. The molecule has 0 saturated carbocycles. The number of benzene rings is 3. The van der Waals surface area contributed by atoms with E-state index in [1.54, 1.807) is 42.1 Å². The first-order chi connectivity index (χ1) is 20.3. The lowest BCUT2D eigenvalue weighted by Crippen LogP contribution is -2.47. The second-order valence-corrected chi connectivity index (χ2v) is 11.5. The van der Waals surface area contributed by atoms with E-state index in [1.165, 1.54) is 14.0 Å². The van der Waals surface area contributed by atoms with E-state index in [4.69, 9.17) is 14.2 Å². The normalized spacial score (nSPS) is 13.4. The first kappa shape index (κ1) is 31.9. The number of aromatic nitrogens is 2. The minimum atomic E-state index is -4.90. The summed E-state index contributed by atoms with van der Waals surface area (Å²) in [6.07, 6.45) is -4.90. The Bertz CT molecular complexity index is 1620. The van der Waals surface area contributed by atoms with Crippen LogP contribution in [0.15, 0.2) is 78.9 Å². The van der Waals surface area contributed by atoms with Crippen LogP contribution in [-0.4, -0.2) is 44.3 Å². The van der Waals surface area contributed by atoms with E-state index in [-0.39, 0.29) is 0 Å². The highest BCUT2D eigenvalue weighted by atomic mass is 32.2. The third kappa shape index (κ3) is 8.49. The zero-order chi connectivity index (χ0) is 31.3. The van der Waals surface area contributed by atoms with Gasteiger partial charge in [-0.25, -0.2) is 13.1 Å². The molecular formula is C30H33F3N4O5S. The van der Waals surface area contributed by atoms with Crippen LogP contribution in [0.5, 0.6) is 17.4 Å². The first-order valence-corrected chi connectivity index (χ1v) is 15.0. The van der Waals surface area contributed by atoms with Crippen LogP contribution < -0.4 is 19.5 Å². The molecule has 0 aliphatic rings. The smallest absolute Gasteiger partial charge is 0.404 e. The number of ether oxygens (including phenoxy) is 3.